The highest BCUT2D eigenvalue weighted by Crippen LogP contribution is 2.36. The molecule has 3 N–H and O–H groups in total. The van der Waals surface area contributed by atoms with E-state index in [9.17, 15) is 14.0 Å². The van der Waals surface area contributed by atoms with Crippen molar-refractivity contribution in [3.63, 3.8) is 0 Å². The maximum absolute atomic E-state index is 13.8. The second kappa shape index (κ2) is 10.4. The van der Waals surface area contributed by atoms with E-state index in [0.29, 0.717) is 29.1 Å². The molecule has 0 bridgehead atoms. The average molecular weight is 460 g/mol. The Morgan fingerprint density at radius 2 is 1.76 bits per heavy atom. The molecule has 6 nitrogen and oxygen atoms in total. The Balaban J connectivity index is 1.72. The molecule has 1 unspecified atom stereocenters. The van der Waals surface area contributed by atoms with Crippen LogP contribution in [0.15, 0.2) is 71.7 Å². The van der Waals surface area contributed by atoms with Crippen molar-refractivity contribution in [3.05, 3.63) is 94.8 Å². The van der Waals surface area contributed by atoms with E-state index >= 15 is 0 Å². The molecule has 0 spiro atoms. The number of halogens is 1. The zero-order valence-electron chi connectivity index (χ0n) is 18.8. The summed E-state index contributed by atoms with van der Waals surface area (Å²) in [6, 6.07) is 19.5. The Morgan fingerprint density at radius 1 is 1.06 bits per heavy atom. The molecule has 0 fully saturated rings. The molecule has 34 heavy (non-hydrogen) atoms. The second-order valence-electron chi connectivity index (χ2n) is 8.19. The van der Waals surface area contributed by atoms with Crippen molar-refractivity contribution in [3.8, 4) is 0 Å². The largest absolute Gasteiger partial charge is 0.481 e. The van der Waals surface area contributed by atoms with Gasteiger partial charge in [0.25, 0.3) is 0 Å². The number of rotatable bonds is 9. The molecule has 1 heterocycles. The van der Waals surface area contributed by atoms with Gasteiger partial charge in [-0.25, -0.2) is 4.39 Å². The molecule has 4 rings (SSSR count). The molecular weight excluding hydrogens is 433 g/mol. The number of aryl methyl sites for hydroxylation is 1. The fourth-order valence-corrected chi connectivity index (χ4v) is 3.99. The van der Waals surface area contributed by atoms with Gasteiger partial charge in [0.15, 0.2) is 0 Å². The van der Waals surface area contributed by atoms with Gasteiger partial charge >= 0.3 is 5.97 Å². The SMILES string of the molecule is CCNCc1ccc(N=C(c2ccc(CCC(=O)O)cc2)C2C(=O)Nc3cc(F)ccc32)cc1. The zero-order valence-corrected chi connectivity index (χ0v) is 18.8. The Morgan fingerprint density at radius 3 is 2.44 bits per heavy atom. The Kier molecular flexibility index (Phi) is 7.13. The molecule has 7 heteroatoms. The Hall–Kier alpha value is -3.84. The smallest absolute Gasteiger partial charge is 0.303 e. The van der Waals surface area contributed by atoms with Crippen molar-refractivity contribution in [1.82, 2.24) is 5.32 Å². The van der Waals surface area contributed by atoms with Crippen LogP contribution in [-0.4, -0.2) is 29.2 Å². The van der Waals surface area contributed by atoms with Gasteiger partial charge in [0, 0.05) is 18.7 Å². The summed E-state index contributed by atoms with van der Waals surface area (Å²) >= 11 is 0. The fourth-order valence-electron chi connectivity index (χ4n) is 3.99. The van der Waals surface area contributed by atoms with Crippen LogP contribution in [0.2, 0.25) is 0 Å². The minimum Gasteiger partial charge on any atom is -0.481 e. The van der Waals surface area contributed by atoms with Crippen molar-refractivity contribution >= 4 is 29.0 Å². The van der Waals surface area contributed by atoms with Crippen LogP contribution < -0.4 is 10.6 Å². The fraction of sp³-hybridized carbons (Fsp3) is 0.222. The Bertz CT molecular complexity index is 1220. The highest BCUT2D eigenvalue weighted by molar-refractivity contribution is 6.24. The van der Waals surface area contributed by atoms with Crippen molar-refractivity contribution in [1.29, 1.82) is 0 Å². The number of aliphatic carboxylic acids is 1. The van der Waals surface area contributed by atoms with Crippen LogP contribution in [0.25, 0.3) is 0 Å². The third-order valence-corrected chi connectivity index (χ3v) is 5.76. The van der Waals surface area contributed by atoms with Gasteiger partial charge in [-0.2, -0.15) is 0 Å². The molecule has 3 aromatic carbocycles. The van der Waals surface area contributed by atoms with Crippen molar-refractivity contribution in [2.24, 2.45) is 4.99 Å². The van der Waals surface area contributed by atoms with Gasteiger partial charge in [0.1, 0.15) is 11.7 Å². The molecule has 1 atom stereocenters. The van der Waals surface area contributed by atoms with E-state index in [0.717, 1.165) is 29.8 Å². The van der Waals surface area contributed by atoms with Crippen molar-refractivity contribution in [2.45, 2.75) is 32.2 Å². The van der Waals surface area contributed by atoms with Gasteiger partial charge in [0.05, 0.1) is 11.4 Å². The van der Waals surface area contributed by atoms with Crippen LogP contribution in [-0.2, 0) is 22.6 Å². The third kappa shape index (κ3) is 5.38. The average Bonchev–Trinajstić information content (AvgIpc) is 3.15. The van der Waals surface area contributed by atoms with Crippen LogP contribution in [0, 0.1) is 5.82 Å². The number of carbonyl (C=O) groups is 2. The first-order chi connectivity index (χ1) is 16.4. The minimum atomic E-state index is -0.852. The minimum absolute atomic E-state index is 0.0451. The highest BCUT2D eigenvalue weighted by Gasteiger charge is 2.35. The van der Waals surface area contributed by atoms with Gasteiger partial charge in [-0.3, -0.25) is 14.6 Å². The van der Waals surface area contributed by atoms with E-state index in [-0.39, 0.29) is 12.3 Å². The van der Waals surface area contributed by atoms with Crippen LogP contribution in [0.3, 0.4) is 0 Å². The van der Waals surface area contributed by atoms with Crippen molar-refractivity contribution < 1.29 is 19.1 Å². The molecule has 3 aromatic rings. The van der Waals surface area contributed by atoms with Crippen LogP contribution in [0.1, 0.15) is 41.5 Å². The summed E-state index contributed by atoms with van der Waals surface area (Å²) < 4.78 is 13.8. The van der Waals surface area contributed by atoms with E-state index in [1.165, 1.54) is 12.1 Å². The molecule has 0 aliphatic carbocycles. The van der Waals surface area contributed by atoms with E-state index in [1.807, 2.05) is 55.5 Å². The maximum Gasteiger partial charge on any atom is 0.303 e. The van der Waals surface area contributed by atoms with E-state index in [4.69, 9.17) is 10.1 Å². The number of hydrogen-bond acceptors (Lipinski definition) is 4. The third-order valence-electron chi connectivity index (χ3n) is 5.76. The number of amides is 1. The first kappa shape index (κ1) is 23.3. The summed E-state index contributed by atoms with van der Waals surface area (Å²) in [4.78, 5) is 28.7. The number of anilines is 1. The molecule has 0 aromatic heterocycles. The lowest BCUT2D eigenvalue weighted by Gasteiger charge is -2.15. The molecule has 0 saturated heterocycles. The predicted molar refractivity (Wildman–Crippen MR) is 130 cm³/mol. The molecule has 1 amide bonds. The Labute approximate surface area is 197 Å². The number of aliphatic imine (C=N–C) groups is 1. The number of fused-ring (bicyclic) bond motifs is 1. The molecule has 0 radical (unpaired) electrons. The number of nitrogens with one attached hydrogen (secondary N) is 2. The van der Waals surface area contributed by atoms with Gasteiger partial charge in [-0.05, 0) is 59.5 Å². The topological polar surface area (TPSA) is 90.8 Å². The zero-order chi connectivity index (χ0) is 24.1. The molecule has 174 valence electrons. The molecule has 0 saturated carbocycles. The van der Waals surface area contributed by atoms with E-state index in [2.05, 4.69) is 10.6 Å². The molecular formula is C27H26FN3O3. The summed E-state index contributed by atoms with van der Waals surface area (Å²) in [7, 11) is 0. The summed E-state index contributed by atoms with van der Waals surface area (Å²) in [6.07, 6.45) is 0.463. The van der Waals surface area contributed by atoms with Crippen LogP contribution >= 0.6 is 0 Å². The lowest BCUT2D eigenvalue weighted by Crippen LogP contribution is -2.22. The number of hydrogen-bond donors (Lipinski definition) is 3. The first-order valence-corrected chi connectivity index (χ1v) is 11.2. The van der Waals surface area contributed by atoms with E-state index in [1.54, 1.807) is 6.07 Å². The van der Waals surface area contributed by atoms with Crippen molar-refractivity contribution in [2.75, 3.05) is 11.9 Å². The number of carboxylic acid groups (broad SMARTS) is 1. The van der Waals surface area contributed by atoms with E-state index < -0.39 is 17.7 Å². The van der Waals surface area contributed by atoms with Gasteiger partial charge in [-0.1, -0.05) is 49.4 Å². The van der Waals surface area contributed by atoms with Crippen LogP contribution in [0.5, 0.6) is 0 Å². The summed E-state index contributed by atoms with van der Waals surface area (Å²) in [5, 5.41) is 15.0. The molecule has 1 aliphatic heterocycles. The normalized spacial score (nSPS) is 15.2. The maximum atomic E-state index is 13.8. The summed E-state index contributed by atoms with van der Waals surface area (Å²) in [5.74, 6) is -2.23. The van der Waals surface area contributed by atoms with Gasteiger partial charge in [-0.15, -0.1) is 0 Å². The number of nitrogens with zero attached hydrogens (tertiary/aromatic N) is 1. The second-order valence-corrected chi connectivity index (χ2v) is 8.19. The lowest BCUT2D eigenvalue weighted by atomic mass is 9.90. The lowest BCUT2D eigenvalue weighted by molar-refractivity contribution is -0.137. The summed E-state index contributed by atoms with van der Waals surface area (Å²) in [5.41, 5.74) is 5.13. The predicted octanol–water partition coefficient (Wildman–Crippen LogP) is 4.81. The standard InChI is InChI=1S/C27H26FN3O3/c1-2-29-16-18-5-11-21(12-6-18)30-26(19-8-3-17(4-9-19)7-14-24(32)33)25-22-13-10-20(28)15-23(22)31-27(25)34/h3-6,8-13,15,25,29H,2,7,14,16H2,1H3,(H,31,34)(H,32,33). The first-order valence-electron chi connectivity index (χ1n) is 11.2. The molecule has 1 aliphatic rings. The van der Waals surface area contributed by atoms with Gasteiger partial charge < -0.3 is 15.7 Å². The quantitative estimate of drug-likeness (QED) is 0.401. The number of carbonyl (C=O) groups excluding carboxylic acids is 1. The van der Waals surface area contributed by atoms with Crippen LogP contribution in [0.4, 0.5) is 15.8 Å². The summed E-state index contributed by atoms with van der Waals surface area (Å²) in [6.45, 7) is 3.69. The number of carboxylic acids is 1. The monoisotopic (exact) mass is 459 g/mol. The van der Waals surface area contributed by atoms with Gasteiger partial charge in [0.2, 0.25) is 5.91 Å². The number of benzene rings is 3. The highest BCUT2D eigenvalue weighted by atomic mass is 19.1.